The van der Waals surface area contributed by atoms with Crippen LogP contribution in [-0.4, -0.2) is 29.0 Å². The van der Waals surface area contributed by atoms with E-state index in [0.717, 1.165) is 16.7 Å². The molecular weight excluding hydrogens is 508 g/mol. The Bertz CT molecular complexity index is 1470. The number of aryl methyl sites for hydroxylation is 1. The van der Waals surface area contributed by atoms with Crippen molar-refractivity contribution in [2.24, 2.45) is 11.0 Å². The lowest BCUT2D eigenvalue weighted by Gasteiger charge is -2.24. The van der Waals surface area contributed by atoms with Crippen LogP contribution in [0.5, 0.6) is 0 Å². The monoisotopic (exact) mass is 538 g/mol. The summed E-state index contributed by atoms with van der Waals surface area (Å²) in [5, 5.41) is 18.2. The minimum absolute atomic E-state index is 0.0437. The Balaban J connectivity index is 1.51. The summed E-state index contributed by atoms with van der Waals surface area (Å²) in [7, 11) is 0. The van der Waals surface area contributed by atoms with Gasteiger partial charge in [-0.1, -0.05) is 80.6 Å². The smallest absolute Gasteiger partial charge is 0.270 e. The summed E-state index contributed by atoms with van der Waals surface area (Å²) >= 11 is 0. The lowest BCUT2D eigenvalue weighted by atomic mass is 9.89. The second kappa shape index (κ2) is 12.7. The molecule has 0 spiro atoms. The molecule has 0 fully saturated rings. The zero-order valence-electron chi connectivity index (χ0n) is 22.4. The summed E-state index contributed by atoms with van der Waals surface area (Å²) in [6.45, 7) is 5.52. The van der Waals surface area contributed by atoms with Crippen LogP contribution in [0.15, 0.2) is 101 Å². The SMILES string of the molecule is Cc1ccc([N+](=O)[O-])cc1-c1cocc1C=NNC(=O)C(NC(=O)C(c1ccccc1)c1ccccc1)C(C)C. The number of amides is 2. The summed E-state index contributed by atoms with van der Waals surface area (Å²) in [5.41, 5.74) is 6.67. The molecule has 1 heterocycles. The Morgan fingerprint density at radius 3 is 2.10 bits per heavy atom. The van der Waals surface area contributed by atoms with Gasteiger partial charge in [-0.15, -0.1) is 0 Å². The van der Waals surface area contributed by atoms with E-state index in [1.54, 1.807) is 6.07 Å². The molecule has 4 rings (SSSR count). The van der Waals surface area contributed by atoms with Crippen LogP contribution < -0.4 is 10.7 Å². The number of rotatable bonds is 10. The van der Waals surface area contributed by atoms with Gasteiger partial charge in [0.15, 0.2) is 0 Å². The first-order valence-electron chi connectivity index (χ1n) is 12.8. The van der Waals surface area contributed by atoms with Crippen LogP contribution >= 0.6 is 0 Å². The Labute approximate surface area is 232 Å². The first-order chi connectivity index (χ1) is 19.3. The summed E-state index contributed by atoms with van der Waals surface area (Å²) in [5.74, 6) is -1.58. The molecular formula is C31H30N4O5. The number of nitro groups is 1. The van der Waals surface area contributed by atoms with Crippen LogP contribution in [0, 0.1) is 23.0 Å². The van der Waals surface area contributed by atoms with Gasteiger partial charge in [0.2, 0.25) is 5.91 Å². The summed E-state index contributed by atoms with van der Waals surface area (Å²) in [4.78, 5) is 37.5. The van der Waals surface area contributed by atoms with Gasteiger partial charge < -0.3 is 9.73 Å². The predicted octanol–water partition coefficient (Wildman–Crippen LogP) is 5.59. The van der Waals surface area contributed by atoms with Gasteiger partial charge in [-0.25, -0.2) is 5.43 Å². The van der Waals surface area contributed by atoms with E-state index in [9.17, 15) is 19.7 Å². The number of benzene rings is 3. The van der Waals surface area contributed by atoms with Gasteiger partial charge >= 0.3 is 0 Å². The lowest BCUT2D eigenvalue weighted by molar-refractivity contribution is -0.384. The second-order valence-electron chi connectivity index (χ2n) is 9.72. The molecule has 0 saturated heterocycles. The highest BCUT2D eigenvalue weighted by Crippen LogP contribution is 2.30. The van der Waals surface area contributed by atoms with Crippen LogP contribution in [0.4, 0.5) is 5.69 Å². The molecule has 4 aromatic rings. The fraction of sp³-hybridized carbons (Fsp3) is 0.194. The molecule has 0 bridgehead atoms. The number of hydrazone groups is 1. The number of nitrogens with zero attached hydrogens (tertiary/aromatic N) is 2. The lowest BCUT2D eigenvalue weighted by Crippen LogP contribution is -2.50. The van der Waals surface area contributed by atoms with E-state index in [0.29, 0.717) is 16.7 Å². The number of carbonyl (C=O) groups excluding carboxylic acids is 2. The number of furan rings is 1. The van der Waals surface area contributed by atoms with Gasteiger partial charge in [-0.2, -0.15) is 5.10 Å². The quantitative estimate of drug-likeness (QED) is 0.155. The number of carbonyl (C=O) groups is 2. The number of nitrogens with one attached hydrogen (secondary N) is 2. The standard InChI is InChI=1S/C31H30N4O5/c1-20(2)29(33-30(36)28(22-10-6-4-7-11-22)23-12-8-5-9-13-23)31(37)34-32-17-24-18-40-19-27(24)26-16-25(35(38)39)15-14-21(26)3/h4-20,28-29H,1-3H3,(H,33,36)(H,34,37). The van der Waals surface area contributed by atoms with Crippen molar-refractivity contribution in [3.63, 3.8) is 0 Å². The van der Waals surface area contributed by atoms with E-state index in [4.69, 9.17) is 4.42 Å². The molecule has 9 nitrogen and oxygen atoms in total. The summed E-state index contributed by atoms with van der Waals surface area (Å²) in [6, 6.07) is 22.5. The molecule has 1 atom stereocenters. The molecule has 0 aliphatic rings. The molecule has 0 saturated carbocycles. The molecule has 2 N–H and O–H groups in total. The Morgan fingerprint density at radius 2 is 1.52 bits per heavy atom. The van der Waals surface area contributed by atoms with E-state index in [-0.39, 0.29) is 17.5 Å². The molecule has 1 aromatic heterocycles. The van der Waals surface area contributed by atoms with Crippen LogP contribution in [0.25, 0.3) is 11.1 Å². The topological polar surface area (TPSA) is 127 Å². The van der Waals surface area contributed by atoms with Crippen molar-refractivity contribution in [3.05, 3.63) is 124 Å². The van der Waals surface area contributed by atoms with Crippen LogP contribution in [0.2, 0.25) is 0 Å². The summed E-state index contributed by atoms with van der Waals surface area (Å²) in [6.07, 6.45) is 4.32. The van der Waals surface area contributed by atoms with Crippen LogP contribution in [0.3, 0.4) is 0 Å². The maximum Gasteiger partial charge on any atom is 0.270 e. The van der Waals surface area contributed by atoms with Gasteiger partial charge in [-0.3, -0.25) is 19.7 Å². The third-order valence-corrected chi connectivity index (χ3v) is 6.57. The van der Waals surface area contributed by atoms with E-state index >= 15 is 0 Å². The minimum atomic E-state index is -0.845. The third-order valence-electron chi connectivity index (χ3n) is 6.57. The number of nitro benzene ring substituents is 1. The van der Waals surface area contributed by atoms with E-state index in [1.165, 1.54) is 30.9 Å². The second-order valence-corrected chi connectivity index (χ2v) is 9.72. The average molecular weight is 539 g/mol. The molecule has 204 valence electrons. The van der Waals surface area contributed by atoms with Crippen molar-refractivity contribution in [3.8, 4) is 11.1 Å². The summed E-state index contributed by atoms with van der Waals surface area (Å²) < 4.78 is 5.33. The van der Waals surface area contributed by atoms with Gasteiger partial charge in [0.1, 0.15) is 6.04 Å². The maximum absolute atomic E-state index is 13.5. The Morgan fingerprint density at radius 1 is 0.900 bits per heavy atom. The van der Waals surface area contributed by atoms with E-state index in [1.807, 2.05) is 81.4 Å². The van der Waals surface area contributed by atoms with E-state index < -0.39 is 22.8 Å². The van der Waals surface area contributed by atoms with Crippen molar-refractivity contribution in [1.82, 2.24) is 10.7 Å². The molecule has 0 aliphatic heterocycles. The Hall–Kier alpha value is -5.05. The molecule has 0 radical (unpaired) electrons. The van der Waals surface area contributed by atoms with Crippen LogP contribution in [-0.2, 0) is 9.59 Å². The number of hydrogen-bond donors (Lipinski definition) is 2. The van der Waals surface area contributed by atoms with Gasteiger partial charge in [-0.05, 0) is 35.1 Å². The molecule has 1 unspecified atom stereocenters. The molecule has 9 heteroatoms. The third kappa shape index (κ3) is 6.50. The van der Waals surface area contributed by atoms with Crippen molar-refractivity contribution >= 4 is 23.7 Å². The molecule has 2 amide bonds. The van der Waals surface area contributed by atoms with Crippen molar-refractivity contribution in [2.75, 3.05) is 0 Å². The van der Waals surface area contributed by atoms with Crippen molar-refractivity contribution < 1.29 is 18.9 Å². The zero-order chi connectivity index (χ0) is 28.6. The Kier molecular flexibility index (Phi) is 8.86. The molecule has 3 aromatic carbocycles. The van der Waals surface area contributed by atoms with E-state index in [2.05, 4.69) is 15.8 Å². The number of non-ortho nitro benzene ring substituents is 1. The number of hydrogen-bond acceptors (Lipinski definition) is 6. The van der Waals surface area contributed by atoms with Gasteiger partial charge in [0.05, 0.1) is 29.6 Å². The zero-order valence-corrected chi connectivity index (χ0v) is 22.4. The first kappa shape index (κ1) is 28.0. The highest BCUT2D eigenvalue weighted by molar-refractivity contribution is 5.94. The molecule has 0 aliphatic carbocycles. The van der Waals surface area contributed by atoms with Crippen molar-refractivity contribution in [2.45, 2.75) is 32.7 Å². The maximum atomic E-state index is 13.5. The average Bonchev–Trinajstić information content (AvgIpc) is 3.41. The fourth-order valence-electron chi connectivity index (χ4n) is 4.43. The predicted molar refractivity (Wildman–Crippen MR) is 153 cm³/mol. The highest BCUT2D eigenvalue weighted by atomic mass is 16.6. The minimum Gasteiger partial charge on any atom is -0.471 e. The van der Waals surface area contributed by atoms with Crippen LogP contribution in [0.1, 0.15) is 42.0 Å². The van der Waals surface area contributed by atoms with Gasteiger partial charge in [0, 0.05) is 23.3 Å². The molecule has 40 heavy (non-hydrogen) atoms. The fourth-order valence-corrected chi connectivity index (χ4v) is 4.43. The largest absolute Gasteiger partial charge is 0.471 e. The first-order valence-corrected chi connectivity index (χ1v) is 12.8. The van der Waals surface area contributed by atoms with Gasteiger partial charge in [0.25, 0.3) is 11.6 Å². The normalized spacial score (nSPS) is 12.0. The van der Waals surface area contributed by atoms with Crippen molar-refractivity contribution in [1.29, 1.82) is 0 Å². The highest BCUT2D eigenvalue weighted by Gasteiger charge is 2.29.